The standard InChI is InChI=1S/C12H22N2O.C2H6/c1-9(2)12(15)11-6-4-3-5-10(11)7-14-8-13;1-2/h8-11H,3-7H2,1-2H3,(H2,13,14);1-2H3. The van der Waals surface area contributed by atoms with Gasteiger partial charge in [-0.05, 0) is 18.8 Å². The smallest absolute Gasteiger partial charge is 0.138 e. The van der Waals surface area contributed by atoms with Gasteiger partial charge in [-0.3, -0.25) is 9.79 Å². The van der Waals surface area contributed by atoms with Crippen molar-refractivity contribution < 1.29 is 4.79 Å². The maximum Gasteiger partial charge on any atom is 0.138 e. The van der Waals surface area contributed by atoms with Gasteiger partial charge >= 0.3 is 0 Å². The minimum absolute atomic E-state index is 0.150. The molecule has 1 aliphatic rings. The van der Waals surface area contributed by atoms with Gasteiger partial charge in [-0.25, -0.2) is 0 Å². The Morgan fingerprint density at radius 1 is 1.35 bits per heavy atom. The first kappa shape index (κ1) is 16.1. The Morgan fingerprint density at radius 3 is 2.47 bits per heavy atom. The molecule has 3 nitrogen and oxygen atoms in total. The Labute approximate surface area is 106 Å². The molecule has 0 aromatic carbocycles. The molecule has 0 amide bonds. The van der Waals surface area contributed by atoms with Crippen LogP contribution in [0.2, 0.25) is 0 Å². The summed E-state index contributed by atoms with van der Waals surface area (Å²) in [6, 6.07) is 0. The molecule has 0 aromatic rings. The number of carbonyl (C=O) groups is 1. The summed E-state index contributed by atoms with van der Waals surface area (Å²) in [4.78, 5) is 16.1. The number of carbonyl (C=O) groups excluding carboxylic acids is 1. The summed E-state index contributed by atoms with van der Waals surface area (Å²) in [5, 5.41) is 0. The second-order valence-electron chi connectivity index (χ2n) is 4.72. The van der Waals surface area contributed by atoms with E-state index in [1.54, 1.807) is 0 Å². The molecule has 0 aliphatic heterocycles. The molecule has 2 N–H and O–H groups in total. The van der Waals surface area contributed by atoms with E-state index in [4.69, 9.17) is 5.73 Å². The maximum absolute atomic E-state index is 12.0. The highest BCUT2D eigenvalue weighted by atomic mass is 16.1. The number of rotatable bonds is 4. The molecule has 1 aliphatic carbocycles. The van der Waals surface area contributed by atoms with Gasteiger partial charge in [0.15, 0.2) is 0 Å². The average molecular weight is 240 g/mol. The van der Waals surface area contributed by atoms with Gasteiger partial charge in [-0.2, -0.15) is 0 Å². The number of hydrogen-bond acceptors (Lipinski definition) is 2. The van der Waals surface area contributed by atoms with Gasteiger partial charge < -0.3 is 5.73 Å². The normalized spacial score (nSPS) is 24.5. The molecule has 1 fully saturated rings. The summed E-state index contributed by atoms with van der Waals surface area (Å²) in [6.45, 7) is 8.69. The van der Waals surface area contributed by atoms with Gasteiger partial charge in [-0.15, -0.1) is 0 Å². The molecule has 0 radical (unpaired) electrons. The molecule has 2 atom stereocenters. The Bertz CT molecular complexity index is 236. The van der Waals surface area contributed by atoms with Crippen molar-refractivity contribution in [1.82, 2.24) is 0 Å². The number of hydrogen-bond donors (Lipinski definition) is 1. The predicted octanol–water partition coefficient (Wildman–Crippen LogP) is 3.03. The van der Waals surface area contributed by atoms with Gasteiger partial charge in [-0.1, -0.05) is 40.5 Å². The summed E-state index contributed by atoms with van der Waals surface area (Å²) in [5.41, 5.74) is 5.25. The van der Waals surface area contributed by atoms with Crippen molar-refractivity contribution in [2.75, 3.05) is 6.54 Å². The van der Waals surface area contributed by atoms with E-state index in [1.807, 2.05) is 27.7 Å². The van der Waals surface area contributed by atoms with E-state index in [0.717, 1.165) is 19.4 Å². The molecule has 3 heteroatoms. The van der Waals surface area contributed by atoms with E-state index in [1.165, 1.54) is 19.2 Å². The molecule has 1 saturated carbocycles. The highest BCUT2D eigenvalue weighted by Gasteiger charge is 2.31. The second-order valence-corrected chi connectivity index (χ2v) is 4.72. The van der Waals surface area contributed by atoms with E-state index >= 15 is 0 Å². The molecule has 2 unspecified atom stereocenters. The van der Waals surface area contributed by atoms with E-state index in [0.29, 0.717) is 11.7 Å². The number of nitrogens with zero attached hydrogens (tertiary/aromatic N) is 1. The largest absolute Gasteiger partial charge is 0.390 e. The number of nitrogens with two attached hydrogens (primary N) is 1. The van der Waals surface area contributed by atoms with Gasteiger partial charge in [0.2, 0.25) is 0 Å². The molecule has 0 bridgehead atoms. The van der Waals surface area contributed by atoms with E-state index in [2.05, 4.69) is 4.99 Å². The van der Waals surface area contributed by atoms with Crippen molar-refractivity contribution in [3.8, 4) is 0 Å². The zero-order valence-electron chi connectivity index (χ0n) is 11.8. The Balaban J connectivity index is 0.00000121. The molecule has 17 heavy (non-hydrogen) atoms. The van der Waals surface area contributed by atoms with Crippen LogP contribution in [0.5, 0.6) is 0 Å². The Hall–Kier alpha value is -0.860. The fourth-order valence-corrected chi connectivity index (χ4v) is 2.43. The highest BCUT2D eigenvalue weighted by molar-refractivity contribution is 5.83. The van der Waals surface area contributed by atoms with Crippen LogP contribution >= 0.6 is 0 Å². The highest BCUT2D eigenvalue weighted by Crippen LogP contribution is 2.32. The predicted molar refractivity (Wildman–Crippen MR) is 74.2 cm³/mol. The third-order valence-electron chi connectivity index (χ3n) is 3.29. The zero-order chi connectivity index (χ0) is 13.3. The SMILES string of the molecule is CC.CC(C)C(=O)C1CCCCC1CN=CN. The molecule has 0 heterocycles. The number of Topliss-reactive ketones (excluding diaryl/α,β-unsaturated/α-hetero) is 1. The van der Waals surface area contributed by atoms with Crippen LogP contribution in [0, 0.1) is 17.8 Å². The van der Waals surface area contributed by atoms with Gasteiger partial charge in [0, 0.05) is 18.4 Å². The minimum atomic E-state index is 0.150. The quantitative estimate of drug-likeness (QED) is 0.606. The van der Waals surface area contributed by atoms with Gasteiger partial charge in [0.25, 0.3) is 0 Å². The third kappa shape index (κ3) is 5.33. The van der Waals surface area contributed by atoms with E-state index in [-0.39, 0.29) is 11.8 Å². The lowest BCUT2D eigenvalue weighted by molar-refractivity contribution is -0.128. The third-order valence-corrected chi connectivity index (χ3v) is 3.29. The van der Waals surface area contributed by atoms with Crippen molar-refractivity contribution in [2.24, 2.45) is 28.5 Å². The number of ketones is 1. The van der Waals surface area contributed by atoms with Crippen LogP contribution in [0.4, 0.5) is 0 Å². The summed E-state index contributed by atoms with van der Waals surface area (Å²) in [7, 11) is 0. The minimum Gasteiger partial charge on any atom is -0.390 e. The van der Waals surface area contributed by atoms with E-state index < -0.39 is 0 Å². The summed E-state index contributed by atoms with van der Waals surface area (Å²) >= 11 is 0. The van der Waals surface area contributed by atoms with Crippen LogP contribution in [-0.4, -0.2) is 18.7 Å². The summed E-state index contributed by atoms with van der Waals surface area (Å²) < 4.78 is 0. The molecule has 0 saturated heterocycles. The molecule has 0 aromatic heterocycles. The van der Waals surface area contributed by atoms with Crippen molar-refractivity contribution in [3.63, 3.8) is 0 Å². The van der Waals surface area contributed by atoms with Crippen molar-refractivity contribution in [1.29, 1.82) is 0 Å². The molecule has 100 valence electrons. The topological polar surface area (TPSA) is 55.5 Å². The van der Waals surface area contributed by atoms with Gasteiger partial charge in [0.05, 0.1) is 6.34 Å². The fourth-order valence-electron chi connectivity index (χ4n) is 2.43. The first-order valence-electron chi connectivity index (χ1n) is 6.90. The monoisotopic (exact) mass is 240 g/mol. The fraction of sp³-hybridized carbons (Fsp3) is 0.857. The lowest BCUT2D eigenvalue weighted by Crippen LogP contribution is -2.31. The Morgan fingerprint density at radius 2 is 1.94 bits per heavy atom. The lowest BCUT2D eigenvalue weighted by atomic mass is 9.74. The lowest BCUT2D eigenvalue weighted by Gasteiger charge is -2.30. The van der Waals surface area contributed by atoms with Crippen molar-refractivity contribution in [2.45, 2.75) is 53.4 Å². The zero-order valence-corrected chi connectivity index (χ0v) is 11.8. The maximum atomic E-state index is 12.0. The van der Waals surface area contributed by atoms with Crippen LogP contribution in [0.25, 0.3) is 0 Å². The van der Waals surface area contributed by atoms with E-state index in [9.17, 15) is 4.79 Å². The van der Waals surface area contributed by atoms with Crippen LogP contribution in [0.1, 0.15) is 53.4 Å². The molecular formula is C14H28N2O. The average Bonchev–Trinajstić information content (AvgIpc) is 2.38. The number of aliphatic imine (C=N–C) groups is 1. The van der Waals surface area contributed by atoms with Crippen LogP contribution in [-0.2, 0) is 4.79 Å². The Kier molecular flexibility index (Phi) is 8.73. The summed E-state index contributed by atoms with van der Waals surface area (Å²) in [5.74, 6) is 1.21. The van der Waals surface area contributed by atoms with Crippen LogP contribution in [0.3, 0.4) is 0 Å². The van der Waals surface area contributed by atoms with Gasteiger partial charge in [0.1, 0.15) is 5.78 Å². The molecular weight excluding hydrogens is 212 g/mol. The van der Waals surface area contributed by atoms with Crippen molar-refractivity contribution >= 4 is 12.1 Å². The molecule has 0 spiro atoms. The first-order chi connectivity index (χ1) is 8.16. The van der Waals surface area contributed by atoms with Crippen LogP contribution < -0.4 is 5.73 Å². The van der Waals surface area contributed by atoms with Crippen LogP contribution in [0.15, 0.2) is 4.99 Å². The molecule has 1 rings (SSSR count). The second kappa shape index (κ2) is 9.20. The van der Waals surface area contributed by atoms with Crippen molar-refractivity contribution in [3.05, 3.63) is 0 Å². The first-order valence-corrected chi connectivity index (χ1v) is 6.90. The summed E-state index contributed by atoms with van der Waals surface area (Å²) in [6.07, 6.45) is 5.94.